The maximum atomic E-state index is 12.8. The van der Waals surface area contributed by atoms with Gasteiger partial charge in [-0.3, -0.25) is 4.79 Å². The van der Waals surface area contributed by atoms with Gasteiger partial charge in [-0.15, -0.1) is 0 Å². The van der Waals surface area contributed by atoms with Crippen LogP contribution >= 0.6 is 0 Å². The van der Waals surface area contributed by atoms with Gasteiger partial charge in [0.2, 0.25) is 5.95 Å². The van der Waals surface area contributed by atoms with Crippen LogP contribution < -0.4 is 20.8 Å². The average Bonchev–Trinajstić information content (AvgIpc) is 2.67. The lowest BCUT2D eigenvalue weighted by atomic mass is 10.0. The molecule has 0 radical (unpaired) electrons. The number of aromatic nitrogens is 3. The molecule has 4 aromatic rings. The van der Waals surface area contributed by atoms with E-state index in [2.05, 4.69) is 15.0 Å². The molecule has 0 aliphatic heterocycles. The minimum absolute atomic E-state index is 0.103. The van der Waals surface area contributed by atoms with E-state index in [0.717, 1.165) is 10.9 Å². The first-order valence-corrected chi connectivity index (χ1v) is 7.92. The van der Waals surface area contributed by atoms with E-state index in [4.69, 9.17) is 15.2 Å². The average molecular weight is 348 g/mol. The Morgan fingerprint density at radius 3 is 2.35 bits per heavy atom. The van der Waals surface area contributed by atoms with Gasteiger partial charge in [0.05, 0.1) is 36.3 Å². The summed E-state index contributed by atoms with van der Waals surface area (Å²) in [4.78, 5) is 24.3. The molecule has 3 N–H and O–H groups in total. The lowest BCUT2D eigenvalue weighted by Crippen LogP contribution is -2.11. The summed E-state index contributed by atoms with van der Waals surface area (Å²) in [6, 6.07) is 12.7. The predicted octanol–water partition coefficient (Wildman–Crippen LogP) is 2.74. The van der Waals surface area contributed by atoms with Gasteiger partial charge in [-0.05, 0) is 36.4 Å². The fraction of sp³-hybridized carbons (Fsp3) is 0.105. The topological polar surface area (TPSA) is 103 Å². The van der Waals surface area contributed by atoms with Gasteiger partial charge in [-0.1, -0.05) is 0 Å². The van der Waals surface area contributed by atoms with Crippen LogP contribution in [0.25, 0.3) is 33.1 Å². The highest BCUT2D eigenvalue weighted by molar-refractivity contribution is 6.07. The molecule has 0 aliphatic carbocycles. The number of hydrogen-bond donors (Lipinski definition) is 2. The Balaban J connectivity index is 2.08. The molecule has 0 bridgehead atoms. The lowest BCUT2D eigenvalue weighted by molar-refractivity contribution is 0.415. The summed E-state index contributed by atoms with van der Waals surface area (Å²) in [6.45, 7) is 0. The SMILES string of the molecule is COc1ccc(-c2nc(N)nc3c2c(=O)[nH]c2cc(OC)ccc23)cc1. The number of nitrogen functional groups attached to an aromatic ring is 1. The van der Waals surface area contributed by atoms with Crippen molar-refractivity contribution in [1.82, 2.24) is 15.0 Å². The highest BCUT2D eigenvalue weighted by Gasteiger charge is 2.15. The Kier molecular flexibility index (Phi) is 3.69. The largest absolute Gasteiger partial charge is 0.497 e. The highest BCUT2D eigenvalue weighted by atomic mass is 16.5. The Labute approximate surface area is 148 Å². The minimum atomic E-state index is -0.286. The third-order valence-electron chi connectivity index (χ3n) is 4.25. The third kappa shape index (κ3) is 2.50. The Morgan fingerprint density at radius 2 is 1.65 bits per heavy atom. The zero-order valence-electron chi connectivity index (χ0n) is 14.2. The Bertz CT molecular complexity index is 1180. The van der Waals surface area contributed by atoms with Gasteiger partial charge in [0.1, 0.15) is 11.5 Å². The van der Waals surface area contributed by atoms with Crippen molar-refractivity contribution >= 4 is 27.8 Å². The van der Waals surface area contributed by atoms with Crippen molar-refractivity contribution < 1.29 is 9.47 Å². The fourth-order valence-electron chi connectivity index (χ4n) is 2.99. The summed E-state index contributed by atoms with van der Waals surface area (Å²) < 4.78 is 10.4. The van der Waals surface area contributed by atoms with Crippen molar-refractivity contribution in [1.29, 1.82) is 0 Å². The maximum Gasteiger partial charge on any atom is 0.260 e. The van der Waals surface area contributed by atoms with E-state index in [1.165, 1.54) is 0 Å². The number of ether oxygens (including phenoxy) is 2. The number of fused-ring (bicyclic) bond motifs is 3. The van der Waals surface area contributed by atoms with Crippen LogP contribution in [0.2, 0.25) is 0 Å². The summed E-state index contributed by atoms with van der Waals surface area (Å²) >= 11 is 0. The molecule has 0 saturated heterocycles. The smallest absolute Gasteiger partial charge is 0.260 e. The van der Waals surface area contributed by atoms with Crippen molar-refractivity contribution in [2.24, 2.45) is 0 Å². The van der Waals surface area contributed by atoms with Gasteiger partial charge < -0.3 is 20.2 Å². The summed E-state index contributed by atoms with van der Waals surface area (Å²) in [6.07, 6.45) is 0. The number of aromatic amines is 1. The number of anilines is 1. The lowest BCUT2D eigenvalue weighted by Gasteiger charge is -2.10. The molecule has 0 amide bonds. The predicted molar refractivity (Wildman–Crippen MR) is 101 cm³/mol. The maximum absolute atomic E-state index is 12.8. The molecule has 0 unspecified atom stereocenters. The molecule has 0 saturated carbocycles. The van der Waals surface area contributed by atoms with Crippen LogP contribution in [0.1, 0.15) is 0 Å². The first-order valence-electron chi connectivity index (χ1n) is 7.92. The molecule has 0 aliphatic rings. The Hall–Kier alpha value is -3.61. The molecular formula is C19H16N4O3. The van der Waals surface area contributed by atoms with E-state index in [-0.39, 0.29) is 11.5 Å². The summed E-state index contributed by atoms with van der Waals surface area (Å²) in [5, 5.41) is 1.16. The zero-order valence-corrected chi connectivity index (χ0v) is 14.2. The standard InChI is InChI=1S/C19H16N4O3/c1-25-11-5-3-10(4-6-11)16-15-17(23-19(20)22-16)13-8-7-12(26-2)9-14(13)21-18(15)24/h3-9H,1-2H3,(H,21,24)(H2,20,22,23). The van der Waals surface area contributed by atoms with Crippen LogP contribution in [0.5, 0.6) is 11.5 Å². The summed E-state index contributed by atoms with van der Waals surface area (Å²) in [5.74, 6) is 1.46. The van der Waals surface area contributed by atoms with E-state index in [0.29, 0.717) is 33.6 Å². The van der Waals surface area contributed by atoms with E-state index in [9.17, 15) is 4.79 Å². The second-order valence-electron chi connectivity index (χ2n) is 5.75. The van der Waals surface area contributed by atoms with Crippen LogP contribution in [0.4, 0.5) is 5.95 Å². The van der Waals surface area contributed by atoms with Gasteiger partial charge >= 0.3 is 0 Å². The Morgan fingerprint density at radius 1 is 0.962 bits per heavy atom. The third-order valence-corrected chi connectivity index (χ3v) is 4.25. The fourth-order valence-corrected chi connectivity index (χ4v) is 2.99. The van der Waals surface area contributed by atoms with Gasteiger partial charge in [-0.2, -0.15) is 0 Å². The number of nitrogens with two attached hydrogens (primary N) is 1. The molecule has 2 heterocycles. The van der Waals surface area contributed by atoms with Gasteiger partial charge in [0.15, 0.2) is 0 Å². The van der Waals surface area contributed by atoms with Crippen molar-refractivity contribution in [2.75, 3.05) is 20.0 Å². The molecule has 26 heavy (non-hydrogen) atoms. The van der Waals surface area contributed by atoms with Gasteiger partial charge in [0, 0.05) is 17.0 Å². The first kappa shape index (κ1) is 15.9. The number of hydrogen-bond acceptors (Lipinski definition) is 6. The molecular weight excluding hydrogens is 332 g/mol. The number of nitrogens with one attached hydrogen (secondary N) is 1. The minimum Gasteiger partial charge on any atom is -0.497 e. The summed E-state index contributed by atoms with van der Waals surface area (Å²) in [5.41, 5.74) is 8.01. The second kappa shape index (κ2) is 6.03. The quantitative estimate of drug-likeness (QED) is 0.552. The van der Waals surface area contributed by atoms with Gasteiger partial charge in [-0.25, -0.2) is 9.97 Å². The number of methoxy groups -OCH3 is 2. The molecule has 7 nitrogen and oxygen atoms in total. The first-order chi connectivity index (χ1) is 12.6. The number of pyridine rings is 1. The summed E-state index contributed by atoms with van der Waals surface area (Å²) in [7, 11) is 3.17. The number of rotatable bonds is 3. The molecule has 0 fully saturated rings. The van der Waals surface area contributed by atoms with Crippen molar-refractivity contribution in [3.63, 3.8) is 0 Å². The van der Waals surface area contributed by atoms with E-state index >= 15 is 0 Å². The molecule has 130 valence electrons. The molecule has 4 rings (SSSR count). The molecule has 2 aromatic carbocycles. The van der Waals surface area contributed by atoms with Crippen LogP contribution in [-0.4, -0.2) is 29.2 Å². The van der Waals surface area contributed by atoms with Gasteiger partial charge in [0.25, 0.3) is 5.56 Å². The highest BCUT2D eigenvalue weighted by Crippen LogP contribution is 2.30. The molecule has 2 aromatic heterocycles. The molecule has 0 spiro atoms. The zero-order chi connectivity index (χ0) is 18.3. The second-order valence-corrected chi connectivity index (χ2v) is 5.75. The number of nitrogens with zero attached hydrogens (tertiary/aromatic N) is 2. The number of H-pyrrole nitrogens is 1. The van der Waals surface area contributed by atoms with Crippen molar-refractivity contribution in [3.05, 3.63) is 52.8 Å². The van der Waals surface area contributed by atoms with Crippen molar-refractivity contribution in [3.8, 4) is 22.8 Å². The van der Waals surface area contributed by atoms with Crippen LogP contribution in [0.3, 0.4) is 0 Å². The number of benzene rings is 2. The molecule has 0 atom stereocenters. The van der Waals surface area contributed by atoms with Crippen molar-refractivity contribution in [2.45, 2.75) is 0 Å². The van der Waals surface area contributed by atoms with Crippen LogP contribution in [0.15, 0.2) is 47.3 Å². The normalized spacial score (nSPS) is 11.0. The van der Waals surface area contributed by atoms with E-state index in [1.807, 2.05) is 24.3 Å². The van der Waals surface area contributed by atoms with E-state index in [1.54, 1.807) is 32.4 Å². The van der Waals surface area contributed by atoms with Crippen LogP contribution in [-0.2, 0) is 0 Å². The van der Waals surface area contributed by atoms with Crippen LogP contribution in [0, 0.1) is 0 Å². The monoisotopic (exact) mass is 348 g/mol. The van der Waals surface area contributed by atoms with E-state index < -0.39 is 0 Å². The molecule has 7 heteroatoms.